The first kappa shape index (κ1) is 14.2. The van der Waals surface area contributed by atoms with E-state index in [1.54, 1.807) is 13.1 Å². The molecule has 6 nitrogen and oxygen atoms in total. The van der Waals surface area contributed by atoms with Crippen LogP contribution in [0.2, 0.25) is 0 Å². The van der Waals surface area contributed by atoms with Crippen molar-refractivity contribution in [1.29, 1.82) is 0 Å². The Morgan fingerprint density at radius 1 is 1.50 bits per heavy atom. The van der Waals surface area contributed by atoms with Gasteiger partial charge in [0, 0.05) is 19.7 Å². The molecule has 0 radical (unpaired) electrons. The van der Waals surface area contributed by atoms with E-state index in [4.69, 9.17) is 4.74 Å². The minimum absolute atomic E-state index is 0.156. The average molecular weight is 253 g/mol. The lowest BCUT2D eigenvalue weighted by molar-refractivity contribution is -0.143. The van der Waals surface area contributed by atoms with Gasteiger partial charge in [-0.15, -0.1) is 0 Å². The Hall–Kier alpha value is -1.85. The first-order valence-corrected chi connectivity index (χ1v) is 6.02. The van der Waals surface area contributed by atoms with Crippen molar-refractivity contribution in [3.63, 3.8) is 0 Å². The summed E-state index contributed by atoms with van der Waals surface area (Å²) in [6, 6.07) is 1.52. The zero-order valence-electron chi connectivity index (χ0n) is 11.0. The van der Waals surface area contributed by atoms with Crippen LogP contribution < -0.4 is 10.5 Å². The quantitative estimate of drug-likeness (QED) is 0.697. The van der Waals surface area contributed by atoms with E-state index in [9.17, 15) is 9.59 Å². The second-order valence-corrected chi connectivity index (χ2v) is 3.84. The van der Waals surface area contributed by atoms with Crippen LogP contribution in [-0.4, -0.2) is 35.9 Å². The summed E-state index contributed by atoms with van der Waals surface area (Å²) in [6.45, 7) is 5.13. The number of aromatic nitrogens is 2. The fraction of sp³-hybridized carbons (Fsp3) is 0.583. The molecule has 1 aromatic heterocycles. The highest BCUT2D eigenvalue weighted by atomic mass is 16.5. The summed E-state index contributed by atoms with van der Waals surface area (Å²) in [7, 11) is 1.89. The van der Waals surface area contributed by atoms with E-state index in [2.05, 4.69) is 5.10 Å². The number of nitrogens with zero attached hydrogens (tertiary/aromatic N) is 3. The van der Waals surface area contributed by atoms with E-state index in [1.807, 2.05) is 18.9 Å². The van der Waals surface area contributed by atoms with Crippen LogP contribution in [0.25, 0.3) is 0 Å². The van der Waals surface area contributed by atoms with E-state index < -0.39 is 0 Å². The van der Waals surface area contributed by atoms with Gasteiger partial charge >= 0.3 is 5.97 Å². The van der Waals surface area contributed by atoms with Gasteiger partial charge < -0.3 is 9.64 Å². The molecule has 0 aliphatic heterocycles. The number of esters is 1. The number of hydrogen-bond acceptors (Lipinski definition) is 5. The first-order chi connectivity index (χ1) is 8.58. The molecule has 100 valence electrons. The molecule has 1 aromatic rings. The SMILES string of the molecule is CCOC(=O)CCn1ncc(N(C)CC)cc1=O. The maximum Gasteiger partial charge on any atom is 0.307 e. The van der Waals surface area contributed by atoms with Gasteiger partial charge in [-0.3, -0.25) is 9.59 Å². The van der Waals surface area contributed by atoms with Crippen LogP contribution in [0.4, 0.5) is 5.69 Å². The molecule has 18 heavy (non-hydrogen) atoms. The Labute approximate surface area is 106 Å². The zero-order chi connectivity index (χ0) is 13.5. The Morgan fingerprint density at radius 3 is 2.78 bits per heavy atom. The molecule has 0 unspecified atom stereocenters. The van der Waals surface area contributed by atoms with Crippen LogP contribution in [0.15, 0.2) is 17.1 Å². The third-order valence-corrected chi connectivity index (χ3v) is 2.60. The van der Waals surface area contributed by atoms with Crippen molar-refractivity contribution in [2.75, 3.05) is 25.1 Å². The standard InChI is InChI=1S/C12H19N3O3/c1-4-14(3)10-8-11(16)15(13-9-10)7-6-12(17)18-5-2/h8-9H,4-7H2,1-3H3. The van der Waals surface area contributed by atoms with Crippen LogP contribution in [0.5, 0.6) is 0 Å². The maximum atomic E-state index is 11.8. The molecule has 0 atom stereocenters. The third kappa shape index (κ3) is 3.87. The maximum absolute atomic E-state index is 11.8. The van der Waals surface area contributed by atoms with Crippen LogP contribution >= 0.6 is 0 Å². The number of rotatable bonds is 6. The van der Waals surface area contributed by atoms with E-state index in [1.165, 1.54) is 10.7 Å². The Balaban J connectivity index is 2.69. The second-order valence-electron chi connectivity index (χ2n) is 3.84. The molecule has 6 heteroatoms. The van der Waals surface area contributed by atoms with Gasteiger partial charge in [0.15, 0.2) is 0 Å². The number of hydrogen-bond donors (Lipinski definition) is 0. The minimum atomic E-state index is -0.319. The minimum Gasteiger partial charge on any atom is -0.466 e. The summed E-state index contributed by atoms with van der Waals surface area (Å²) < 4.78 is 6.06. The fourth-order valence-corrected chi connectivity index (χ4v) is 1.41. The number of anilines is 1. The van der Waals surface area contributed by atoms with Crippen LogP contribution in [0.1, 0.15) is 20.3 Å². The molecule has 1 rings (SSSR count). The predicted octanol–water partition coefficient (Wildman–Crippen LogP) is 0.653. The van der Waals surface area contributed by atoms with Gasteiger partial charge in [-0.25, -0.2) is 4.68 Å². The molecule has 0 aromatic carbocycles. The van der Waals surface area contributed by atoms with Crippen LogP contribution in [0.3, 0.4) is 0 Å². The van der Waals surface area contributed by atoms with Crippen molar-refractivity contribution in [1.82, 2.24) is 9.78 Å². The highest BCUT2D eigenvalue weighted by Crippen LogP contribution is 2.05. The molecule has 0 aliphatic carbocycles. The largest absolute Gasteiger partial charge is 0.466 e. The normalized spacial score (nSPS) is 10.2. The van der Waals surface area contributed by atoms with Crippen LogP contribution in [-0.2, 0) is 16.1 Å². The molecule has 0 aliphatic rings. The molecule has 0 saturated carbocycles. The fourth-order valence-electron chi connectivity index (χ4n) is 1.41. The highest BCUT2D eigenvalue weighted by molar-refractivity contribution is 5.69. The monoisotopic (exact) mass is 253 g/mol. The predicted molar refractivity (Wildman–Crippen MR) is 68.7 cm³/mol. The van der Waals surface area contributed by atoms with Gasteiger partial charge in [0.05, 0.1) is 31.5 Å². The van der Waals surface area contributed by atoms with Crippen LogP contribution in [0, 0.1) is 0 Å². The topological polar surface area (TPSA) is 64.4 Å². The molecule has 0 fully saturated rings. The number of carbonyl (C=O) groups is 1. The average Bonchev–Trinajstić information content (AvgIpc) is 2.36. The van der Waals surface area contributed by atoms with Gasteiger partial charge in [0.1, 0.15) is 0 Å². The molecule has 0 bridgehead atoms. The van der Waals surface area contributed by atoms with Crippen molar-refractivity contribution in [2.24, 2.45) is 0 Å². The van der Waals surface area contributed by atoms with E-state index >= 15 is 0 Å². The lowest BCUT2D eigenvalue weighted by atomic mass is 10.4. The van der Waals surface area contributed by atoms with Gasteiger partial charge in [0.2, 0.25) is 0 Å². The van der Waals surface area contributed by atoms with Gasteiger partial charge in [-0.2, -0.15) is 5.10 Å². The lowest BCUT2D eigenvalue weighted by Crippen LogP contribution is -2.26. The van der Waals surface area contributed by atoms with E-state index in [0.29, 0.717) is 6.61 Å². The zero-order valence-corrected chi connectivity index (χ0v) is 11.0. The Morgan fingerprint density at radius 2 is 2.22 bits per heavy atom. The van der Waals surface area contributed by atoms with Gasteiger partial charge in [-0.1, -0.05) is 0 Å². The number of ether oxygens (including phenoxy) is 1. The Kier molecular flexibility index (Phi) is 5.35. The molecule has 0 amide bonds. The molecule has 1 heterocycles. The smallest absolute Gasteiger partial charge is 0.307 e. The Bertz CT molecular complexity index is 456. The molecule has 0 spiro atoms. The summed E-state index contributed by atoms with van der Waals surface area (Å²) in [5.41, 5.74) is 0.562. The second kappa shape index (κ2) is 6.78. The first-order valence-electron chi connectivity index (χ1n) is 6.02. The van der Waals surface area contributed by atoms with Crippen molar-refractivity contribution in [3.8, 4) is 0 Å². The summed E-state index contributed by atoms with van der Waals surface area (Å²) >= 11 is 0. The van der Waals surface area contributed by atoms with Crippen molar-refractivity contribution in [3.05, 3.63) is 22.6 Å². The molecular weight excluding hydrogens is 234 g/mol. The van der Waals surface area contributed by atoms with Gasteiger partial charge in [-0.05, 0) is 13.8 Å². The van der Waals surface area contributed by atoms with E-state index in [0.717, 1.165) is 12.2 Å². The highest BCUT2D eigenvalue weighted by Gasteiger charge is 2.06. The summed E-state index contributed by atoms with van der Waals surface area (Å²) in [5.74, 6) is -0.319. The van der Waals surface area contributed by atoms with Crippen molar-refractivity contribution in [2.45, 2.75) is 26.8 Å². The number of carbonyl (C=O) groups excluding carboxylic acids is 1. The lowest BCUT2D eigenvalue weighted by Gasteiger charge is -2.16. The summed E-state index contributed by atoms with van der Waals surface area (Å²) in [6.07, 6.45) is 1.78. The molecular formula is C12H19N3O3. The van der Waals surface area contributed by atoms with E-state index in [-0.39, 0.29) is 24.5 Å². The molecule has 0 N–H and O–H groups in total. The van der Waals surface area contributed by atoms with Gasteiger partial charge in [0.25, 0.3) is 5.56 Å². The van der Waals surface area contributed by atoms with Crippen molar-refractivity contribution >= 4 is 11.7 Å². The number of aryl methyl sites for hydroxylation is 1. The van der Waals surface area contributed by atoms with Crippen molar-refractivity contribution < 1.29 is 9.53 Å². The molecule has 0 saturated heterocycles. The third-order valence-electron chi connectivity index (χ3n) is 2.60. The summed E-state index contributed by atoms with van der Waals surface area (Å²) in [4.78, 5) is 24.8. The summed E-state index contributed by atoms with van der Waals surface area (Å²) in [5, 5.41) is 4.03.